The highest BCUT2D eigenvalue weighted by Gasteiger charge is 2.15. The number of amides is 2. The number of para-hydroxylation sites is 1. The van der Waals surface area contributed by atoms with Gasteiger partial charge in [-0.05, 0) is 24.3 Å². The summed E-state index contributed by atoms with van der Waals surface area (Å²) in [7, 11) is 0. The van der Waals surface area contributed by atoms with Crippen LogP contribution in [0.1, 0.15) is 20.8 Å². The Labute approximate surface area is 155 Å². The Morgan fingerprint density at radius 3 is 2.63 bits per heavy atom. The second-order valence-electron chi connectivity index (χ2n) is 5.16. The molecule has 27 heavy (non-hydrogen) atoms. The van der Waals surface area contributed by atoms with Gasteiger partial charge in [-0.3, -0.25) is 19.9 Å². The molecule has 0 unspecified atom stereocenters. The largest absolute Gasteiger partial charge is 0.434 e. The maximum Gasteiger partial charge on any atom is 0.387 e. The second kappa shape index (κ2) is 7.87. The Balaban J connectivity index is 1.76. The number of halogens is 2. The monoisotopic (exact) mass is 390 g/mol. The number of hydrogen-bond acceptors (Lipinski definition) is 6. The van der Waals surface area contributed by atoms with Crippen LogP contribution in [0.25, 0.3) is 11.3 Å². The number of hydrogen-bond donors (Lipinski definition) is 2. The Morgan fingerprint density at radius 1 is 1.19 bits per heavy atom. The molecular formula is C17H12F2N4O3S. The molecule has 2 aromatic heterocycles. The number of nitrogens with zero attached hydrogens (tertiary/aromatic N) is 2. The van der Waals surface area contributed by atoms with Gasteiger partial charge in [0, 0.05) is 17.1 Å². The second-order valence-corrected chi connectivity index (χ2v) is 6.02. The minimum absolute atomic E-state index is 0.0145. The number of nitrogens with one attached hydrogen (secondary N) is 1. The predicted molar refractivity (Wildman–Crippen MR) is 94.9 cm³/mol. The highest BCUT2D eigenvalue weighted by molar-refractivity contribution is 7.14. The van der Waals surface area contributed by atoms with E-state index in [4.69, 9.17) is 5.73 Å². The van der Waals surface area contributed by atoms with Crippen molar-refractivity contribution in [1.82, 2.24) is 9.97 Å². The number of anilines is 1. The van der Waals surface area contributed by atoms with Crippen molar-refractivity contribution in [1.29, 1.82) is 0 Å². The molecule has 0 aliphatic carbocycles. The smallest absolute Gasteiger partial charge is 0.387 e. The van der Waals surface area contributed by atoms with Crippen molar-refractivity contribution < 1.29 is 23.1 Å². The number of rotatable bonds is 6. The van der Waals surface area contributed by atoms with Crippen molar-refractivity contribution in [3.8, 4) is 17.0 Å². The number of aromatic nitrogens is 2. The molecule has 0 saturated heterocycles. The topological polar surface area (TPSA) is 107 Å². The Morgan fingerprint density at radius 2 is 1.96 bits per heavy atom. The number of thiazole rings is 1. The molecule has 7 nitrogen and oxygen atoms in total. The molecule has 0 atom stereocenters. The fourth-order valence-electron chi connectivity index (χ4n) is 2.17. The van der Waals surface area contributed by atoms with E-state index in [-0.39, 0.29) is 22.1 Å². The number of pyridine rings is 1. The Hall–Kier alpha value is -3.40. The van der Waals surface area contributed by atoms with Gasteiger partial charge in [-0.2, -0.15) is 8.78 Å². The molecule has 0 fully saturated rings. The average Bonchev–Trinajstić information content (AvgIpc) is 3.10. The summed E-state index contributed by atoms with van der Waals surface area (Å²) in [6, 6.07) is 8.96. The van der Waals surface area contributed by atoms with Gasteiger partial charge in [-0.15, -0.1) is 11.3 Å². The summed E-state index contributed by atoms with van der Waals surface area (Å²) in [6.07, 6.45) is 1.20. The molecule has 138 valence electrons. The SMILES string of the molecule is NC(=O)c1ccc(C(=O)Nc2nc(-c3ccccc3OC(F)F)cs2)nc1. The molecule has 2 amide bonds. The van der Waals surface area contributed by atoms with Crippen molar-refractivity contribution in [2.45, 2.75) is 6.61 Å². The lowest BCUT2D eigenvalue weighted by atomic mass is 10.1. The summed E-state index contributed by atoms with van der Waals surface area (Å²) in [5.41, 5.74) is 6.12. The molecule has 0 aliphatic rings. The zero-order chi connectivity index (χ0) is 19.4. The van der Waals surface area contributed by atoms with Crippen molar-refractivity contribution >= 4 is 28.3 Å². The van der Waals surface area contributed by atoms with Crippen molar-refractivity contribution in [3.05, 3.63) is 59.2 Å². The minimum atomic E-state index is -2.96. The van der Waals surface area contributed by atoms with Crippen molar-refractivity contribution in [2.75, 3.05) is 5.32 Å². The van der Waals surface area contributed by atoms with Crippen LogP contribution >= 0.6 is 11.3 Å². The summed E-state index contributed by atoms with van der Waals surface area (Å²) in [5.74, 6) is -1.20. The van der Waals surface area contributed by atoms with Crippen LogP contribution in [-0.2, 0) is 0 Å². The highest BCUT2D eigenvalue weighted by Crippen LogP contribution is 2.33. The molecule has 3 rings (SSSR count). The lowest BCUT2D eigenvalue weighted by Crippen LogP contribution is -2.15. The predicted octanol–water partition coefficient (Wildman–Crippen LogP) is 3.16. The lowest BCUT2D eigenvalue weighted by molar-refractivity contribution is -0.0494. The molecule has 0 saturated carbocycles. The van der Waals surface area contributed by atoms with Crippen molar-refractivity contribution in [2.24, 2.45) is 5.73 Å². The van der Waals surface area contributed by atoms with Gasteiger partial charge in [0.15, 0.2) is 5.13 Å². The Kier molecular flexibility index (Phi) is 5.36. The molecule has 0 radical (unpaired) electrons. The first-order valence-corrected chi connectivity index (χ1v) is 8.39. The third-order valence-electron chi connectivity index (χ3n) is 3.38. The fourth-order valence-corrected chi connectivity index (χ4v) is 2.87. The van der Waals surface area contributed by atoms with Crippen LogP contribution in [0.5, 0.6) is 5.75 Å². The molecule has 2 heterocycles. The third kappa shape index (κ3) is 4.42. The first-order valence-electron chi connectivity index (χ1n) is 7.51. The molecule has 10 heteroatoms. The summed E-state index contributed by atoms with van der Waals surface area (Å²) in [5, 5.41) is 4.41. The van der Waals surface area contributed by atoms with E-state index in [9.17, 15) is 18.4 Å². The number of benzene rings is 1. The average molecular weight is 390 g/mol. The van der Waals surface area contributed by atoms with Crippen LogP contribution in [-0.4, -0.2) is 28.4 Å². The standard InChI is InChI=1S/C17H12F2N4O3S/c18-16(19)26-13-4-2-1-3-10(13)12-8-27-17(22-12)23-15(25)11-6-5-9(7-21-11)14(20)24/h1-8,16H,(H2,20,24)(H,22,23,25). The number of carbonyl (C=O) groups is 2. The molecule has 0 spiro atoms. The van der Waals surface area contributed by atoms with Crippen LogP contribution in [0.15, 0.2) is 48.0 Å². The number of ether oxygens (including phenoxy) is 1. The molecule has 1 aromatic carbocycles. The van der Waals surface area contributed by atoms with Crippen LogP contribution < -0.4 is 15.8 Å². The van der Waals surface area contributed by atoms with E-state index in [1.807, 2.05) is 0 Å². The molecule has 3 aromatic rings. The van der Waals surface area contributed by atoms with Gasteiger partial charge in [-0.25, -0.2) is 4.98 Å². The van der Waals surface area contributed by atoms with E-state index in [2.05, 4.69) is 20.0 Å². The van der Waals surface area contributed by atoms with E-state index < -0.39 is 18.4 Å². The van der Waals surface area contributed by atoms with Crippen LogP contribution in [0, 0.1) is 0 Å². The summed E-state index contributed by atoms with van der Waals surface area (Å²) < 4.78 is 29.5. The lowest BCUT2D eigenvalue weighted by Gasteiger charge is -2.08. The van der Waals surface area contributed by atoms with Gasteiger partial charge >= 0.3 is 6.61 Å². The summed E-state index contributed by atoms with van der Waals surface area (Å²) >= 11 is 1.12. The maximum absolute atomic E-state index is 12.5. The first-order chi connectivity index (χ1) is 12.9. The van der Waals surface area contributed by atoms with Gasteiger partial charge in [0.05, 0.1) is 11.3 Å². The minimum Gasteiger partial charge on any atom is -0.434 e. The zero-order valence-electron chi connectivity index (χ0n) is 13.6. The number of alkyl halides is 2. The Bertz CT molecular complexity index is 976. The van der Waals surface area contributed by atoms with Gasteiger partial charge < -0.3 is 10.5 Å². The molecule has 3 N–H and O–H groups in total. The molecular weight excluding hydrogens is 378 g/mol. The number of carbonyl (C=O) groups excluding carboxylic acids is 2. The van der Waals surface area contributed by atoms with Crippen LogP contribution in [0.4, 0.5) is 13.9 Å². The third-order valence-corrected chi connectivity index (χ3v) is 4.14. The fraction of sp³-hybridized carbons (Fsp3) is 0.0588. The normalized spacial score (nSPS) is 10.6. The van der Waals surface area contributed by atoms with Gasteiger partial charge in [0.2, 0.25) is 5.91 Å². The molecule has 0 aliphatic heterocycles. The van der Waals surface area contributed by atoms with Crippen LogP contribution in [0.3, 0.4) is 0 Å². The number of primary amides is 1. The zero-order valence-corrected chi connectivity index (χ0v) is 14.4. The van der Waals surface area contributed by atoms with E-state index in [0.29, 0.717) is 11.3 Å². The first kappa shape index (κ1) is 18.4. The summed E-state index contributed by atoms with van der Waals surface area (Å²) in [6.45, 7) is -2.96. The van der Waals surface area contributed by atoms with Crippen LogP contribution in [0.2, 0.25) is 0 Å². The molecule has 0 bridgehead atoms. The quantitative estimate of drug-likeness (QED) is 0.672. The maximum atomic E-state index is 12.5. The van der Waals surface area contributed by atoms with Crippen molar-refractivity contribution in [3.63, 3.8) is 0 Å². The van der Waals surface area contributed by atoms with Gasteiger partial charge in [0.1, 0.15) is 11.4 Å². The van der Waals surface area contributed by atoms with E-state index in [0.717, 1.165) is 11.3 Å². The van der Waals surface area contributed by atoms with Gasteiger partial charge in [0.25, 0.3) is 5.91 Å². The summed E-state index contributed by atoms with van der Waals surface area (Å²) in [4.78, 5) is 31.3. The van der Waals surface area contributed by atoms with E-state index >= 15 is 0 Å². The van der Waals surface area contributed by atoms with Gasteiger partial charge in [-0.1, -0.05) is 12.1 Å². The van der Waals surface area contributed by atoms with E-state index in [1.165, 1.54) is 24.4 Å². The van der Waals surface area contributed by atoms with E-state index in [1.54, 1.807) is 23.6 Å². The highest BCUT2D eigenvalue weighted by atomic mass is 32.1. The number of nitrogens with two attached hydrogens (primary N) is 1.